The Labute approximate surface area is 194 Å². The third-order valence-electron chi connectivity index (χ3n) is 5.61. The van der Waals surface area contributed by atoms with E-state index in [1.54, 1.807) is 18.2 Å². The second-order valence-electron chi connectivity index (χ2n) is 8.59. The molecule has 0 aromatic heterocycles. The number of benzene rings is 3. The molecule has 1 aliphatic heterocycles. The molecule has 1 N–H and O–H groups in total. The summed E-state index contributed by atoms with van der Waals surface area (Å²) in [4.78, 5) is 28.8. The second kappa shape index (κ2) is 8.94. The standard InChI is InChI=1S/C28H28N2O3/c1-17(2)33-24-13-9-8-12-23(24)30-27(31)25(21-15-14-18(3)16-20(21)5)26(28(30)32)29-22-11-7-6-10-19(22)4/h6-17,29H,1-5H3. The Balaban J connectivity index is 1.88. The molecule has 168 valence electrons. The maximum atomic E-state index is 13.8. The molecule has 5 nitrogen and oxygen atoms in total. The molecule has 0 radical (unpaired) electrons. The lowest BCUT2D eigenvalue weighted by Gasteiger charge is -2.21. The van der Waals surface area contributed by atoms with Crippen molar-refractivity contribution in [1.82, 2.24) is 0 Å². The molecule has 0 fully saturated rings. The Bertz CT molecular complexity index is 1270. The molecule has 1 aliphatic rings. The highest BCUT2D eigenvalue weighted by Crippen LogP contribution is 2.39. The van der Waals surface area contributed by atoms with Gasteiger partial charge in [-0.2, -0.15) is 0 Å². The number of carbonyl (C=O) groups excluding carboxylic acids is 2. The van der Waals surface area contributed by atoms with E-state index in [-0.39, 0.29) is 17.7 Å². The molecule has 2 amide bonds. The number of amides is 2. The first-order chi connectivity index (χ1) is 15.8. The first-order valence-corrected chi connectivity index (χ1v) is 11.1. The summed E-state index contributed by atoms with van der Waals surface area (Å²) in [6.45, 7) is 9.75. The average Bonchev–Trinajstić information content (AvgIpc) is 2.99. The molecule has 0 saturated carbocycles. The van der Waals surface area contributed by atoms with Crippen LogP contribution in [0.15, 0.2) is 72.4 Å². The minimum absolute atomic E-state index is 0.102. The van der Waals surface area contributed by atoms with Crippen LogP contribution in [0.3, 0.4) is 0 Å². The molecule has 3 aromatic rings. The fourth-order valence-electron chi connectivity index (χ4n) is 4.05. The van der Waals surface area contributed by atoms with Crippen LogP contribution in [-0.4, -0.2) is 17.9 Å². The van der Waals surface area contributed by atoms with Gasteiger partial charge in [0.1, 0.15) is 11.4 Å². The van der Waals surface area contributed by atoms with Gasteiger partial charge in [0.2, 0.25) is 0 Å². The zero-order valence-corrected chi connectivity index (χ0v) is 19.6. The molecule has 0 atom stereocenters. The minimum atomic E-state index is -0.405. The van der Waals surface area contributed by atoms with Gasteiger partial charge in [-0.25, -0.2) is 4.90 Å². The van der Waals surface area contributed by atoms with Crippen LogP contribution in [-0.2, 0) is 9.59 Å². The molecule has 0 spiro atoms. The predicted octanol–water partition coefficient (Wildman–Crippen LogP) is 5.80. The Morgan fingerprint density at radius 3 is 2.21 bits per heavy atom. The number of aryl methyl sites for hydroxylation is 3. The second-order valence-corrected chi connectivity index (χ2v) is 8.59. The summed E-state index contributed by atoms with van der Waals surface area (Å²) in [7, 11) is 0. The number of rotatable bonds is 6. The summed E-state index contributed by atoms with van der Waals surface area (Å²) in [5, 5.41) is 3.27. The number of ether oxygens (including phenoxy) is 1. The average molecular weight is 441 g/mol. The predicted molar refractivity (Wildman–Crippen MR) is 132 cm³/mol. The van der Waals surface area contributed by atoms with Crippen molar-refractivity contribution >= 4 is 28.8 Å². The lowest BCUT2D eigenvalue weighted by atomic mass is 9.97. The summed E-state index contributed by atoms with van der Waals surface area (Å²) in [6, 6.07) is 20.7. The van der Waals surface area contributed by atoms with Gasteiger partial charge >= 0.3 is 0 Å². The van der Waals surface area contributed by atoms with Crippen molar-refractivity contribution in [3.8, 4) is 5.75 Å². The molecule has 0 unspecified atom stereocenters. The van der Waals surface area contributed by atoms with Crippen LogP contribution in [0.1, 0.15) is 36.1 Å². The molecule has 4 rings (SSSR count). The maximum absolute atomic E-state index is 13.8. The highest BCUT2D eigenvalue weighted by Gasteiger charge is 2.42. The fourth-order valence-corrected chi connectivity index (χ4v) is 4.05. The highest BCUT2D eigenvalue weighted by atomic mass is 16.5. The number of para-hydroxylation sites is 3. The molecule has 3 aromatic carbocycles. The lowest BCUT2D eigenvalue weighted by Crippen LogP contribution is -2.33. The minimum Gasteiger partial charge on any atom is -0.489 e. The van der Waals surface area contributed by atoms with Crippen molar-refractivity contribution < 1.29 is 14.3 Å². The van der Waals surface area contributed by atoms with Gasteiger partial charge in [0, 0.05) is 5.69 Å². The van der Waals surface area contributed by atoms with Gasteiger partial charge in [0.05, 0.1) is 17.4 Å². The molecule has 1 heterocycles. The quantitative estimate of drug-likeness (QED) is 0.493. The largest absolute Gasteiger partial charge is 0.489 e. The number of anilines is 2. The Morgan fingerprint density at radius 1 is 0.818 bits per heavy atom. The van der Waals surface area contributed by atoms with Gasteiger partial charge in [-0.05, 0) is 69.5 Å². The van der Waals surface area contributed by atoms with Crippen molar-refractivity contribution in [3.05, 3.63) is 94.7 Å². The van der Waals surface area contributed by atoms with Crippen LogP contribution in [0, 0.1) is 20.8 Å². The fraction of sp³-hybridized carbons (Fsp3) is 0.214. The van der Waals surface area contributed by atoms with Crippen molar-refractivity contribution in [2.45, 2.75) is 40.7 Å². The van der Waals surface area contributed by atoms with Gasteiger partial charge in [-0.3, -0.25) is 9.59 Å². The van der Waals surface area contributed by atoms with E-state index in [9.17, 15) is 9.59 Å². The van der Waals surface area contributed by atoms with Crippen LogP contribution >= 0.6 is 0 Å². The Morgan fingerprint density at radius 2 is 1.52 bits per heavy atom. The van der Waals surface area contributed by atoms with E-state index in [0.717, 1.165) is 27.9 Å². The zero-order valence-electron chi connectivity index (χ0n) is 19.6. The third-order valence-corrected chi connectivity index (χ3v) is 5.61. The highest BCUT2D eigenvalue weighted by molar-refractivity contribution is 6.46. The van der Waals surface area contributed by atoms with Gasteiger partial charge in [-0.1, -0.05) is 54.1 Å². The molecular formula is C28H28N2O3. The SMILES string of the molecule is Cc1ccc(C2=C(Nc3ccccc3C)C(=O)N(c3ccccc3OC(C)C)C2=O)c(C)c1. The van der Waals surface area contributed by atoms with E-state index >= 15 is 0 Å². The molecular weight excluding hydrogens is 412 g/mol. The summed E-state index contributed by atoms with van der Waals surface area (Å²) < 4.78 is 5.92. The molecule has 0 bridgehead atoms. The summed E-state index contributed by atoms with van der Waals surface area (Å²) in [6.07, 6.45) is -0.102. The summed E-state index contributed by atoms with van der Waals surface area (Å²) >= 11 is 0. The lowest BCUT2D eigenvalue weighted by molar-refractivity contribution is -0.120. The first-order valence-electron chi connectivity index (χ1n) is 11.1. The number of imide groups is 1. The van der Waals surface area contributed by atoms with Crippen LogP contribution in [0.25, 0.3) is 5.57 Å². The van der Waals surface area contributed by atoms with E-state index in [0.29, 0.717) is 17.0 Å². The van der Waals surface area contributed by atoms with Crippen molar-refractivity contribution in [2.24, 2.45) is 0 Å². The number of hydrogen-bond donors (Lipinski definition) is 1. The molecule has 0 aliphatic carbocycles. The van der Waals surface area contributed by atoms with E-state index in [1.165, 1.54) is 4.90 Å². The number of hydrogen-bond acceptors (Lipinski definition) is 4. The van der Waals surface area contributed by atoms with Crippen molar-refractivity contribution in [1.29, 1.82) is 0 Å². The first kappa shape index (κ1) is 22.3. The third kappa shape index (κ3) is 4.27. The van der Waals surface area contributed by atoms with Crippen LogP contribution < -0.4 is 15.0 Å². The van der Waals surface area contributed by atoms with Gasteiger partial charge < -0.3 is 10.1 Å². The smallest absolute Gasteiger partial charge is 0.282 e. The normalized spacial score (nSPS) is 13.8. The molecule has 0 saturated heterocycles. The number of nitrogens with one attached hydrogen (secondary N) is 1. The van der Waals surface area contributed by atoms with Gasteiger partial charge in [0.15, 0.2) is 0 Å². The van der Waals surface area contributed by atoms with Gasteiger partial charge in [-0.15, -0.1) is 0 Å². The van der Waals surface area contributed by atoms with Crippen LogP contribution in [0.4, 0.5) is 11.4 Å². The van der Waals surface area contributed by atoms with Crippen LogP contribution in [0.5, 0.6) is 5.75 Å². The van der Waals surface area contributed by atoms with Gasteiger partial charge in [0.25, 0.3) is 11.8 Å². The number of nitrogens with zero attached hydrogens (tertiary/aromatic N) is 1. The van der Waals surface area contributed by atoms with Crippen LogP contribution in [0.2, 0.25) is 0 Å². The Hall–Kier alpha value is -3.86. The summed E-state index contributed by atoms with van der Waals surface area (Å²) in [5.74, 6) is -0.285. The Kier molecular flexibility index (Phi) is 6.05. The van der Waals surface area contributed by atoms with E-state index in [1.807, 2.05) is 83.1 Å². The molecule has 33 heavy (non-hydrogen) atoms. The van der Waals surface area contributed by atoms with E-state index in [4.69, 9.17) is 4.74 Å². The zero-order chi connectivity index (χ0) is 23.7. The summed E-state index contributed by atoms with van der Waals surface area (Å²) in [5.41, 5.74) is 5.58. The topological polar surface area (TPSA) is 58.6 Å². The number of carbonyl (C=O) groups is 2. The van der Waals surface area contributed by atoms with E-state index < -0.39 is 5.91 Å². The van der Waals surface area contributed by atoms with E-state index in [2.05, 4.69) is 5.32 Å². The van der Waals surface area contributed by atoms with Crippen molar-refractivity contribution in [2.75, 3.05) is 10.2 Å². The molecule has 5 heteroatoms. The monoisotopic (exact) mass is 440 g/mol. The maximum Gasteiger partial charge on any atom is 0.282 e. The van der Waals surface area contributed by atoms with Crippen molar-refractivity contribution in [3.63, 3.8) is 0 Å².